The van der Waals surface area contributed by atoms with E-state index in [-0.39, 0.29) is 17.5 Å². The standard InChI is InChI=1S/C14H25N3O3S/c1-10-13(7-15-9-14(3,4)18)11(2)17(16-10)12-5-6-21(19,20)8-12/h12,15,18H,5-9H2,1-4H3. The van der Waals surface area contributed by atoms with E-state index in [2.05, 4.69) is 10.4 Å². The summed E-state index contributed by atoms with van der Waals surface area (Å²) in [4.78, 5) is 0. The lowest BCUT2D eigenvalue weighted by Crippen LogP contribution is -2.34. The summed E-state index contributed by atoms with van der Waals surface area (Å²) in [6, 6.07) is -0.0447. The van der Waals surface area contributed by atoms with Crippen molar-refractivity contribution in [1.82, 2.24) is 15.1 Å². The van der Waals surface area contributed by atoms with Crippen molar-refractivity contribution in [1.29, 1.82) is 0 Å². The second-order valence-electron chi connectivity index (χ2n) is 6.57. The van der Waals surface area contributed by atoms with E-state index in [1.54, 1.807) is 13.8 Å². The highest BCUT2D eigenvalue weighted by Gasteiger charge is 2.31. The number of aryl methyl sites for hydroxylation is 1. The summed E-state index contributed by atoms with van der Waals surface area (Å²) < 4.78 is 25.1. The van der Waals surface area contributed by atoms with Crippen molar-refractivity contribution in [3.8, 4) is 0 Å². The Morgan fingerprint density at radius 1 is 1.43 bits per heavy atom. The highest BCUT2D eigenvalue weighted by Crippen LogP contribution is 2.26. The Hall–Kier alpha value is -0.920. The third kappa shape index (κ3) is 4.05. The molecule has 1 saturated heterocycles. The van der Waals surface area contributed by atoms with Gasteiger partial charge in [0, 0.05) is 24.3 Å². The number of aliphatic hydroxyl groups is 1. The quantitative estimate of drug-likeness (QED) is 0.836. The number of sulfone groups is 1. The predicted molar refractivity (Wildman–Crippen MR) is 82.0 cm³/mol. The molecule has 2 N–H and O–H groups in total. The van der Waals surface area contributed by atoms with Crippen molar-refractivity contribution in [3.05, 3.63) is 17.0 Å². The van der Waals surface area contributed by atoms with E-state index in [0.717, 1.165) is 17.0 Å². The van der Waals surface area contributed by atoms with E-state index in [1.807, 2.05) is 18.5 Å². The summed E-state index contributed by atoms with van der Waals surface area (Å²) in [5.74, 6) is 0.438. The SMILES string of the molecule is Cc1nn(C2CCS(=O)(=O)C2)c(C)c1CNCC(C)(C)O. The van der Waals surface area contributed by atoms with Crippen molar-refractivity contribution in [2.45, 2.75) is 52.3 Å². The first kappa shape index (κ1) is 16.5. The Kier molecular flexibility index (Phi) is 4.46. The van der Waals surface area contributed by atoms with Gasteiger partial charge in [0.05, 0.1) is 28.8 Å². The minimum absolute atomic E-state index is 0.0447. The predicted octanol–water partition coefficient (Wildman–Crippen LogP) is 0.720. The third-order valence-corrected chi connectivity index (χ3v) is 5.64. The molecule has 21 heavy (non-hydrogen) atoms. The Balaban J connectivity index is 2.11. The smallest absolute Gasteiger partial charge is 0.152 e. The average Bonchev–Trinajstić information content (AvgIpc) is 2.81. The Morgan fingerprint density at radius 2 is 2.10 bits per heavy atom. The summed E-state index contributed by atoms with van der Waals surface area (Å²) in [6.45, 7) is 8.55. The van der Waals surface area contributed by atoms with Crippen LogP contribution < -0.4 is 5.32 Å². The fraction of sp³-hybridized carbons (Fsp3) is 0.786. The van der Waals surface area contributed by atoms with Gasteiger partial charge >= 0.3 is 0 Å². The molecule has 0 aliphatic carbocycles. The minimum atomic E-state index is -2.91. The molecule has 1 aromatic heterocycles. The molecule has 1 aliphatic rings. The van der Waals surface area contributed by atoms with Crippen LogP contribution in [-0.4, -0.2) is 47.0 Å². The van der Waals surface area contributed by atoms with Gasteiger partial charge in [-0.2, -0.15) is 5.10 Å². The van der Waals surface area contributed by atoms with Gasteiger partial charge < -0.3 is 10.4 Å². The van der Waals surface area contributed by atoms with Crippen LogP contribution in [0.25, 0.3) is 0 Å². The molecule has 0 aromatic carbocycles. The lowest BCUT2D eigenvalue weighted by Gasteiger charge is -2.18. The van der Waals surface area contributed by atoms with Gasteiger partial charge in [0.1, 0.15) is 0 Å². The Bertz CT molecular complexity index is 614. The van der Waals surface area contributed by atoms with E-state index >= 15 is 0 Å². The Morgan fingerprint density at radius 3 is 2.62 bits per heavy atom. The van der Waals surface area contributed by atoms with Crippen LogP contribution >= 0.6 is 0 Å². The lowest BCUT2D eigenvalue weighted by atomic mass is 10.1. The molecule has 2 rings (SSSR count). The molecule has 1 fully saturated rings. The van der Waals surface area contributed by atoms with Crippen LogP contribution in [0.2, 0.25) is 0 Å². The molecular formula is C14H25N3O3S. The Labute approximate surface area is 126 Å². The minimum Gasteiger partial charge on any atom is -0.389 e. The van der Waals surface area contributed by atoms with Crippen molar-refractivity contribution >= 4 is 9.84 Å². The van der Waals surface area contributed by atoms with Crippen LogP contribution in [0.1, 0.15) is 43.3 Å². The first-order chi connectivity index (χ1) is 9.59. The second-order valence-corrected chi connectivity index (χ2v) is 8.80. The molecule has 0 saturated carbocycles. The topological polar surface area (TPSA) is 84.2 Å². The van der Waals surface area contributed by atoms with E-state index in [4.69, 9.17) is 0 Å². The van der Waals surface area contributed by atoms with Gasteiger partial charge in [0.2, 0.25) is 0 Å². The van der Waals surface area contributed by atoms with Crippen molar-refractivity contribution in [3.63, 3.8) is 0 Å². The summed E-state index contributed by atoms with van der Waals surface area (Å²) in [6.07, 6.45) is 0.640. The maximum Gasteiger partial charge on any atom is 0.152 e. The molecule has 0 amide bonds. The monoisotopic (exact) mass is 315 g/mol. The van der Waals surface area contributed by atoms with Crippen molar-refractivity contribution in [2.75, 3.05) is 18.1 Å². The number of nitrogens with one attached hydrogen (secondary N) is 1. The van der Waals surface area contributed by atoms with Gasteiger partial charge in [-0.05, 0) is 34.1 Å². The first-order valence-corrected chi connectivity index (χ1v) is 9.09. The molecular weight excluding hydrogens is 290 g/mol. The highest BCUT2D eigenvalue weighted by atomic mass is 32.2. The molecule has 1 aliphatic heterocycles. The van der Waals surface area contributed by atoms with Crippen molar-refractivity contribution in [2.24, 2.45) is 0 Å². The van der Waals surface area contributed by atoms with E-state index in [0.29, 0.717) is 19.5 Å². The summed E-state index contributed by atoms with van der Waals surface area (Å²) in [5.41, 5.74) is 2.26. The van der Waals surface area contributed by atoms with Gasteiger partial charge in [-0.25, -0.2) is 8.42 Å². The zero-order valence-corrected chi connectivity index (χ0v) is 14.0. The van der Waals surface area contributed by atoms with Gasteiger partial charge in [-0.1, -0.05) is 0 Å². The van der Waals surface area contributed by atoms with E-state index in [1.165, 1.54) is 0 Å². The van der Waals surface area contributed by atoms with Gasteiger partial charge in [-0.3, -0.25) is 4.68 Å². The normalized spacial score (nSPS) is 21.9. The van der Waals surface area contributed by atoms with Crippen LogP contribution in [0, 0.1) is 13.8 Å². The third-order valence-electron chi connectivity index (χ3n) is 3.89. The summed E-state index contributed by atoms with van der Waals surface area (Å²) in [5, 5.41) is 17.5. The molecule has 1 unspecified atom stereocenters. The van der Waals surface area contributed by atoms with Crippen LogP contribution in [0.15, 0.2) is 0 Å². The summed E-state index contributed by atoms with van der Waals surface area (Å²) >= 11 is 0. The van der Waals surface area contributed by atoms with Crippen LogP contribution in [0.3, 0.4) is 0 Å². The van der Waals surface area contributed by atoms with Crippen molar-refractivity contribution < 1.29 is 13.5 Å². The van der Waals surface area contributed by atoms with Gasteiger partial charge in [0.25, 0.3) is 0 Å². The molecule has 1 aromatic rings. The molecule has 7 heteroatoms. The molecule has 2 heterocycles. The number of hydrogen-bond donors (Lipinski definition) is 2. The number of nitrogens with zero attached hydrogens (tertiary/aromatic N) is 2. The van der Waals surface area contributed by atoms with Crippen LogP contribution in [0.4, 0.5) is 0 Å². The maximum absolute atomic E-state index is 11.6. The lowest BCUT2D eigenvalue weighted by molar-refractivity contribution is 0.0794. The molecule has 1 atom stereocenters. The van der Waals surface area contributed by atoms with E-state index in [9.17, 15) is 13.5 Å². The van der Waals surface area contributed by atoms with Gasteiger partial charge in [-0.15, -0.1) is 0 Å². The maximum atomic E-state index is 11.6. The average molecular weight is 315 g/mol. The fourth-order valence-electron chi connectivity index (χ4n) is 2.77. The van der Waals surface area contributed by atoms with Crippen LogP contribution in [0.5, 0.6) is 0 Å². The zero-order valence-electron chi connectivity index (χ0n) is 13.2. The fourth-order valence-corrected chi connectivity index (χ4v) is 4.46. The number of aromatic nitrogens is 2. The van der Waals surface area contributed by atoms with E-state index < -0.39 is 15.4 Å². The molecule has 6 nitrogen and oxygen atoms in total. The molecule has 0 bridgehead atoms. The van der Waals surface area contributed by atoms with Crippen LogP contribution in [-0.2, 0) is 16.4 Å². The summed E-state index contributed by atoms with van der Waals surface area (Å²) in [7, 11) is -2.91. The number of rotatable bonds is 5. The molecule has 0 radical (unpaired) electrons. The zero-order chi connectivity index (χ0) is 15.8. The van der Waals surface area contributed by atoms with Gasteiger partial charge in [0.15, 0.2) is 9.84 Å². The molecule has 0 spiro atoms. The molecule has 120 valence electrons. The largest absolute Gasteiger partial charge is 0.389 e. The number of hydrogen-bond acceptors (Lipinski definition) is 5. The highest BCUT2D eigenvalue weighted by molar-refractivity contribution is 7.91. The first-order valence-electron chi connectivity index (χ1n) is 7.27. The second kappa shape index (κ2) is 5.70.